The topological polar surface area (TPSA) is 54.1 Å². The van der Waals surface area contributed by atoms with Crippen LogP contribution >= 0.6 is 0 Å². The molecule has 0 spiro atoms. The lowest BCUT2D eigenvalue weighted by Crippen LogP contribution is -2.38. The Balaban J connectivity index is 1.85. The van der Waals surface area contributed by atoms with Gasteiger partial charge in [-0.05, 0) is 18.2 Å². The highest BCUT2D eigenvalue weighted by Crippen LogP contribution is 2.34. The fourth-order valence-electron chi connectivity index (χ4n) is 2.76. The van der Waals surface area contributed by atoms with E-state index in [1.54, 1.807) is 24.0 Å². The molecule has 126 valence electrons. The fraction of sp³-hybridized carbons (Fsp3) is 0.375. The van der Waals surface area contributed by atoms with Crippen LogP contribution in [0.25, 0.3) is 0 Å². The van der Waals surface area contributed by atoms with Gasteiger partial charge in [-0.25, -0.2) is 0 Å². The summed E-state index contributed by atoms with van der Waals surface area (Å²) in [5, 5.41) is 13.1. The number of nitrogens with zero attached hydrogens (tertiary/aromatic N) is 4. The third-order valence-corrected chi connectivity index (χ3v) is 3.96. The van der Waals surface area contributed by atoms with Gasteiger partial charge in [0.05, 0.1) is 30.0 Å². The molecule has 0 N–H and O–H groups in total. The Morgan fingerprint density at radius 3 is 2.79 bits per heavy atom. The number of nitriles is 1. The number of rotatable bonds is 2. The van der Waals surface area contributed by atoms with Crippen molar-refractivity contribution in [3.8, 4) is 6.07 Å². The van der Waals surface area contributed by atoms with Crippen molar-refractivity contribution in [3.63, 3.8) is 0 Å². The van der Waals surface area contributed by atoms with Crippen LogP contribution < -0.4 is 4.90 Å². The molecule has 0 aliphatic carbocycles. The normalized spacial score (nSPS) is 18.5. The number of benzene rings is 1. The van der Waals surface area contributed by atoms with Gasteiger partial charge in [0.25, 0.3) is 0 Å². The van der Waals surface area contributed by atoms with Crippen LogP contribution in [0.1, 0.15) is 22.8 Å². The molecule has 0 radical (unpaired) electrons. The second-order valence-corrected chi connectivity index (χ2v) is 5.59. The van der Waals surface area contributed by atoms with Crippen LogP contribution in [0.4, 0.5) is 18.9 Å². The lowest BCUT2D eigenvalue weighted by molar-refractivity contribution is -0.137. The van der Waals surface area contributed by atoms with E-state index in [-0.39, 0.29) is 11.7 Å². The standard InChI is InChI=1S/C16H15F3N4O/c1-22-9-12(8-21-22)15-10-23(4-5-24-15)13-2-3-14(16(17,18)19)11(6-13)7-20/h2-3,6,8-9,15H,4-5,10H2,1H3. The molecule has 0 saturated carbocycles. The summed E-state index contributed by atoms with van der Waals surface area (Å²) in [6, 6.07) is 5.28. The summed E-state index contributed by atoms with van der Waals surface area (Å²) in [6.07, 6.45) is -1.18. The minimum absolute atomic E-state index is 0.208. The smallest absolute Gasteiger partial charge is 0.370 e. The quantitative estimate of drug-likeness (QED) is 0.846. The van der Waals surface area contributed by atoms with Gasteiger partial charge >= 0.3 is 6.18 Å². The first-order chi connectivity index (χ1) is 11.4. The molecule has 8 heteroatoms. The average molecular weight is 336 g/mol. The van der Waals surface area contributed by atoms with Crippen LogP contribution in [0.15, 0.2) is 30.6 Å². The van der Waals surface area contributed by atoms with Crippen molar-refractivity contribution in [2.75, 3.05) is 24.6 Å². The van der Waals surface area contributed by atoms with Crippen LogP contribution in [0.3, 0.4) is 0 Å². The number of alkyl halides is 3. The van der Waals surface area contributed by atoms with E-state index >= 15 is 0 Å². The van der Waals surface area contributed by atoms with E-state index < -0.39 is 11.7 Å². The van der Waals surface area contributed by atoms with Gasteiger partial charge in [-0.2, -0.15) is 23.5 Å². The summed E-state index contributed by atoms with van der Waals surface area (Å²) in [4.78, 5) is 1.92. The molecule has 3 rings (SSSR count). The van der Waals surface area contributed by atoms with Crippen LogP contribution in [-0.4, -0.2) is 29.5 Å². The number of hydrogen-bond acceptors (Lipinski definition) is 4. The van der Waals surface area contributed by atoms with E-state index in [0.29, 0.717) is 25.4 Å². The van der Waals surface area contributed by atoms with Gasteiger partial charge < -0.3 is 9.64 Å². The largest absolute Gasteiger partial charge is 0.417 e. The first-order valence-corrected chi connectivity index (χ1v) is 7.35. The van der Waals surface area contributed by atoms with Crippen LogP contribution in [0.5, 0.6) is 0 Å². The van der Waals surface area contributed by atoms with Gasteiger partial charge in [-0.15, -0.1) is 0 Å². The minimum Gasteiger partial charge on any atom is -0.370 e. The lowest BCUT2D eigenvalue weighted by Gasteiger charge is -2.34. The first-order valence-electron chi connectivity index (χ1n) is 7.35. The zero-order valence-corrected chi connectivity index (χ0v) is 12.9. The average Bonchev–Trinajstić information content (AvgIpc) is 3.00. The van der Waals surface area contributed by atoms with Gasteiger partial charge in [0.15, 0.2) is 0 Å². The van der Waals surface area contributed by atoms with Crippen molar-refractivity contribution >= 4 is 5.69 Å². The van der Waals surface area contributed by atoms with E-state index in [1.807, 2.05) is 11.1 Å². The number of ether oxygens (including phenoxy) is 1. The van der Waals surface area contributed by atoms with E-state index in [1.165, 1.54) is 12.1 Å². The highest BCUT2D eigenvalue weighted by molar-refractivity contribution is 5.55. The number of halogens is 3. The second-order valence-electron chi connectivity index (χ2n) is 5.59. The minimum atomic E-state index is -4.53. The maximum atomic E-state index is 12.9. The van der Waals surface area contributed by atoms with Crippen LogP contribution in [0.2, 0.25) is 0 Å². The monoisotopic (exact) mass is 336 g/mol. The molecule has 2 aromatic rings. The number of aryl methyl sites for hydroxylation is 1. The van der Waals surface area contributed by atoms with Gasteiger partial charge in [-0.1, -0.05) is 0 Å². The Morgan fingerprint density at radius 2 is 2.17 bits per heavy atom. The summed E-state index contributed by atoms with van der Waals surface area (Å²) < 4.78 is 46.1. The van der Waals surface area contributed by atoms with Crippen molar-refractivity contribution in [1.82, 2.24) is 9.78 Å². The van der Waals surface area contributed by atoms with Crippen molar-refractivity contribution in [3.05, 3.63) is 47.3 Å². The van der Waals surface area contributed by atoms with E-state index in [4.69, 9.17) is 10.00 Å². The van der Waals surface area contributed by atoms with Gasteiger partial charge in [0.1, 0.15) is 6.10 Å². The summed E-state index contributed by atoms with van der Waals surface area (Å²) in [7, 11) is 1.80. The number of morpholine rings is 1. The summed E-state index contributed by atoms with van der Waals surface area (Å²) in [6.45, 7) is 1.48. The second kappa shape index (κ2) is 6.17. The Labute approximate surface area is 136 Å². The first kappa shape index (κ1) is 16.3. The molecule has 1 aliphatic rings. The molecule has 5 nitrogen and oxygen atoms in total. The van der Waals surface area contributed by atoms with Crippen molar-refractivity contribution in [2.45, 2.75) is 12.3 Å². The molecule has 1 atom stereocenters. The van der Waals surface area contributed by atoms with E-state index in [0.717, 1.165) is 11.6 Å². The third-order valence-electron chi connectivity index (χ3n) is 3.96. The Hall–Kier alpha value is -2.53. The number of hydrogen-bond donors (Lipinski definition) is 0. The van der Waals surface area contributed by atoms with Crippen molar-refractivity contribution in [2.24, 2.45) is 7.05 Å². The lowest BCUT2D eigenvalue weighted by atomic mass is 10.1. The Morgan fingerprint density at radius 1 is 1.38 bits per heavy atom. The maximum absolute atomic E-state index is 12.9. The summed E-state index contributed by atoms with van der Waals surface area (Å²) in [5.74, 6) is 0. The molecule has 0 amide bonds. The Kier molecular flexibility index (Phi) is 4.20. The maximum Gasteiger partial charge on any atom is 0.417 e. The molecule has 1 aromatic heterocycles. The highest BCUT2D eigenvalue weighted by Gasteiger charge is 2.34. The molecule has 1 unspecified atom stereocenters. The van der Waals surface area contributed by atoms with Gasteiger partial charge in [0.2, 0.25) is 0 Å². The molecule has 1 aromatic carbocycles. The van der Waals surface area contributed by atoms with Crippen LogP contribution in [0, 0.1) is 11.3 Å². The zero-order chi connectivity index (χ0) is 17.3. The Bertz CT molecular complexity index is 778. The molecule has 1 aliphatic heterocycles. The zero-order valence-electron chi connectivity index (χ0n) is 12.9. The number of anilines is 1. The highest BCUT2D eigenvalue weighted by atomic mass is 19.4. The van der Waals surface area contributed by atoms with Gasteiger partial charge in [0, 0.05) is 37.6 Å². The SMILES string of the molecule is Cn1cc(C2CN(c3ccc(C(F)(F)F)c(C#N)c3)CCO2)cn1. The predicted molar refractivity (Wildman–Crippen MR) is 80.3 cm³/mol. The molecular weight excluding hydrogens is 321 g/mol. The van der Waals surface area contributed by atoms with Crippen molar-refractivity contribution < 1.29 is 17.9 Å². The van der Waals surface area contributed by atoms with E-state index in [9.17, 15) is 13.2 Å². The van der Waals surface area contributed by atoms with Crippen LogP contribution in [-0.2, 0) is 18.0 Å². The third kappa shape index (κ3) is 3.21. The molecule has 1 saturated heterocycles. The summed E-state index contributed by atoms with van der Waals surface area (Å²) >= 11 is 0. The molecular formula is C16H15F3N4O. The number of aromatic nitrogens is 2. The predicted octanol–water partition coefficient (Wildman–Crippen LogP) is 2.89. The van der Waals surface area contributed by atoms with Gasteiger partial charge in [-0.3, -0.25) is 4.68 Å². The molecule has 24 heavy (non-hydrogen) atoms. The van der Waals surface area contributed by atoms with E-state index in [2.05, 4.69) is 5.10 Å². The van der Waals surface area contributed by atoms with Crippen molar-refractivity contribution in [1.29, 1.82) is 5.26 Å². The molecule has 1 fully saturated rings. The molecule has 0 bridgehead atoms. The molecule has 2 heterocycles. The summed E-state index contributed by atoms with van der Waals surface area (Å²) in [5.41, 5.74) is 0.210. The fourth-order valence-corrected chi connectivity index (χ4v) is 2.76.